The van der Waals surface area contributed by atoms with Crippen LogP contribution in [0.2, 0.25) is 0 Å². The zero-order chi connectivity index (χ0) is 10.7. The summed E-state index contributed by atoms with van der Waals surface area (Å²) < 4.78 is 0. The van der Waals surface area contributed by atoms with E-state index in [9.17, 15) is 5.11 Å². The second kappa shape index (κ2) is 4.80. The Bertz CT molecular complexity index is 315. The van der Waals surface area contributed by atoms with E-state index in [0.717, 1.165) is 19.3 Å². The fourth-order valence-corrected chi connectivity index (χ4v) is 2.11. The number of hydrogen-bond acceptors (Lipinski definition) is 1. The first-order valence-corrected chi connectivity index (χ1v) is 6.00. The normalized spacial score (nSPS) is 17.7. The van der Waals surface area contributed by atoms with E-state index in [4.69, 9.17) is 0 Å². The van der Waals surface area contributed by atoms with Gasteiger partial charge in [-0.2, -0.15) is 0 Å². The minimum Gasteiger partial charge on any atom is -0.393 e. The third kappa shape index (κ3) is 3.07. The molecule has 0 aromatic heterocycles. The Morgan fingerprint density at radius 1 is 1.33 bits per heavy atom. The molecule has 1 aromatic carbocycles. The van der Waals surface area contributed by atoms with Crippen molar-refractivity contribution in [3.05, 3.63) is 35.4 Å². The number of hydrogen-bond donors (Lipinski definition) is 1. The summed E-state index contributed by atoms with van der Waals surface area (Å²) in [5, 5.41) is 9.74. The van der Waals surface area contributed by atoms with Crippen LogP contribution in [0.3, 0.4) is 0 Å². The van der Waals surface area contributed by atoms with E-state index in [1.54, 1.807) is 0 Å². The molecule has 0 spiro atoms. The van der Waals surface area contributed by atoms with Crippen molar-refractivity contribution in [2.75, 3.05) is 0 Å². The molecule has 15 heavy (non-hydrogen) atoms. The molecule has 1 aliphatic rings. The first-order valence-electron chi connectivity index (χ1n) is 6.00. The summed E-state index contributed by atoms with van der Waals surface area (Å²) in [5.41, 5.74) is 2.80. The summed E-state index contributed by atoms with van der Waals surface area (Å²) in [6.45, 7) is 2.16. The Morgan fingerprint density at radius 2 is 2.07 bits per heavy atom. The molecule has 2 rings (SSSR count). The molecule has 82 valence electrons. The summed E-state index contributed by atoms with van der Waals surface area (Å²) in [6.07, 6.45) is 5.64. The fourth-order valence-electron chi connectivity index (χ4n) is 2.11. The predicted molar refractivity (Wildman–Crippen MR) is 62.8 cm³/mol. The lowest BCUT2D eigenvalue weighted by Gasteiger charge is -2.09. The molecule has 1 heteroatoms. The maximum Gasteiger partial charge on any atom is 0.0568 e. The second-order valence-corrected chi connectivity index (χ2v) is 4.72. The third-order valence-electron chi connectivity index (χ3n) is 3.37. The van der Waals surface area contributed by atoms with Crippen molar-refractivity contribution in [2.24, 2.45) is 5.92 Å². The quantitative estimate of drug-likeness (QED) is 0.781. The number of rotatable bonds is 5. The van der Waals surface area contributed by atoms with Gasteiger partial charge in [0.2, 0.25) is 0 Å². The number of aryl methyl sites for hydroxylation is 2. The van der Waals surface area contributed by atoms with Crippen molar-refractivity contribution >= 4 is 0 Å². The van der Waals surface area contributed by atoms with Crippen LogP contribution in [0.5, 0.6) is 0 Å². The molecule has 1 aliphatic carbocycles. The van der Waals surface area contributed by atoms with Crippen LogP contribution >= 0.6 is 0 Å². The van der Waals surface area contributed by atoms with Gasteiger partial charge in [0.05, 0.1) is 6.10 Å². The molecule has 1 aromatic rings. The van der Waals surface area contributed by atoms with Crippen molar-refractivity contribution in [2.45, 2.75) is 45.1 Å². The first kappa shape index (κ1) is 10.7. The Balaban J connectivity index is 1.75. The largest absolute Gasteiger partial charge is 0.393 e. The Labute approximate surface area is 92.1 Å². The Kier molecular flexibility index (Phi) is 3.42. The van der Waals surface area contributed by atoms with E-state index in [0.29, 0.717) is 5.92 Å². The van der Waals surface area contributed by atoms with Gasteiger partial charge in [0.15, 0.2) is 0 Å². The molecule has 1 unspecified atom stereocenters. The van der Waals surface area contributed by atoms with Gasteiger partial charge >= 0.3 is 0 Å². The summed E-state index contributed by atoms with van der Waals surface area (Å²) in [5.74, 6) is 0.627. The van der Waals surface area contributed by atoms with E-state index in [2.05, 4.69) is 31.2 Å². The van der Waals surface area contributed by atoms with Gasteiger partial charge in [0.25, 0.3) is 0 Å². The smallest absolute Gasteiger partial charge is 0.0568 e. The lowest BCUT2D eigenvalue weighted by molar-refractivity contribution is 0.139. The predicted octanol–water partition coefficient (Wildman–Crippen LogP) is 3.09. The molecule has 0 amide bonds. The van der Waals surface area contributed by atoms with Crippen LogP contribution in [0.25, 0.3) is 0 Å². The van der Waals surface area contributed by atoms with Crippen LogP contribution < -0.4 is 0 Å². The monoisotopic (exact) mass is 204 g/mol. The molecule has 0 aliphatic heterocycles. The van der Waals surface area contributed by atoms with Gasteiger partial charge in [-0.15, -0.1) is 0 Å². The van der Waals surface area contributed by atoms with E-state index in [-0.39, 0.29) is 6.10 Å². The van der Waals surface area contributed by atoms with Gasteiger partial charge in [0.1, 0.15) is 0 Å². The maximum atomic E-state index is 9.74. The minimum absolute atomic E-state index is 0.0333. The number of aliphatic hydroxyl groups excluding tert-OH is 1. The van der Waals surface area contributed by atoms with E-state index in [1.807, 2.05) is 0 Å². The topological polar surface area (TPSA) is 20.2 Å². The zero-order valence-electron chi connectivity index (χ0n) is 9.45. The first-order chi connectivity index (χ1) is 7.27. The standard InChI is InChI=1S/C14H20O/c1-11-5-2-3-6-12(11)7-4-8-14(15)13-9-10-13/h2-3,5-6,13-15H,4,7-10H2,1H3. The molecule has 1 N–H and O–H groups in total. The van der Waals surface area contributed by atoms with Crippen LogP contribution in [0.1, 0.15) is 36.8 Å². The lowest BCUT2D eigenvalue weighted by Crippen LogP contribution is -2.09. The SMILES string of the molecule is Cc1ccccc1CCCC(O)C1CC1. The molecule has 1 atom stereocenters. The summed E-state index contributed by atoms with van der Waals surface area (Å²) >= 11 is 0. The van der Waals surface area contributed by atoms with Crippen LogP contribution in [-0.4, -0.2) is 11.2 Å². The van der Waals surface area contributed by atoms with Gasteiger partial charge in [-0.05, 0) is 56.1 Å². The highest BCUT2D eigenvalue weighted by Gasteiger charge is 2.28. The van der Waals surface area contributed by atoms with Gasteiger partial charge in [0, 0.05) is 0 Å². The molecule has 0 radical (unpaired) electrons. The Morgan fingerprint density at radius 3 is 2.73 bits per heavy atom. The van der Waals surface area contributed by atoms with Crippen molar-refractivity contribution in [3.8, 4) is 0 Å². The number of benzene rings is 1. The van der Waals surface area contributed by atoms with Crippen molar-refractivity contribution < 1.29 is 5.11 Å². The minimum atomic E-state index is -0.0333. The molecule has 1 nitrogen and oxygen atoms in total. The molecule has 0 bridgehead atoms. The van der Waals surface area contributed by atoms with Gasteiger partial charge in [-0.3, -0.25) is 0 Å². The maximum absolute atomic E-state index is 9.74. The lowest BCUT2D eigenvalue weighted by atomic mass is 10.0. The van der Waals surface area contributed by atoms with E-state index in [1.165, 1.54) is 24.0 Å². The fraction of sp³-hybridized carbons (Fsp3) is 0.571. The van der Waals surface area contributed by atoms with Gasteiger partial charge in [-0.25, -0.2) is 0 Å². The highest BCUT2D eigenvalue weighted by Crippen LogP contribution is 2.34. The zero-order valence-corrected chi connectivity index (χ0v) is 9.45. The van der Waals surface area contributed by atoms with Crippen LogP contribution in [0.15, 0.2) is 24.3 Å². The molecular weight excluding hydrogens is 184 g/mol. The number of aliphatic hydroxyl groups is 1. The summed E-state index contributed by atoms with van der Waals surface area (Å²) in [4.78, 5) is 0. The van der Waals surface area contributed by atoms with Crippen molar-refractivity contribution in [3.63, 3.8) is 0 Å². The van der Waals surface area contributed by atoms with Gasteiger partial charge < -0.3 is 5.11 Å². The Hall–Kier alpha value is -0.820. The van der Waals surface area contributed by atoms with Crippen molar-refractivity contribution in [1.29, 1.82) is 0 Å². The molecule has 0 saturated heterocycles. The summed E-state index contributed by atoms with van der Waals surface area (Å²) in [6, 6.07) is 8.53. The average Bonchev–Trinajstić information content (AvgIpc) is 3.04. The van der Waals surface area contributed by atoms with E-state index < -0.39 is 0 Å². The molecular formula is C14H20O. The summed E-state index contributed by atoms with van der Waals surface area (Å²) in [7, 11) is 0. The highest BCUT2D eigenvalue weighted by atomic mass is 16.3. The van der Waals surface area contributed by atoms with Crippen LogP contribution in [0.4, 0.5) is 0 Å². The van der Waals surface area contributed by atoms with Crippen LogP contribution in [-0.2, 0) is 6.42 Å². The van der Waals surface area contributed by atoms with Crippen LogP contribution in [0, 0.1) is 12.8 Å². The van der Waals surface area contributed by atoms with Crippen molar-refractivity contribution in [1.82, 2.24) is 0 Å². The molecule has 0 heterocycles. The molecule has 1 saturated carbocycles. The average molecular weight is 204 g/mol. The molecule has 1 fully saturated rings. The van der Waals surface area contributed by atoms with Gasteiger partial charge in [-0.1, -0.05) is 24.3 Å². The third-order valence-corrected chi connectivity index (χ3v) is 3.37. The second-order valence-electron chi connectivity index (χ2n) is 4.72. The highest BCUT2D eigenvalue weighted by molar-refractivity contribution is 5.25. The van der Waals surface area contributed by atoms with E-state index >= 15 is 0 Å².